The highest BCUT2D eigenvalue weighted by Gasteiger charge is 2.45. The molecule has 2 N–H and O–H groups in total. The number of nitrogens with one attached hydrogen (secondary N) is 2. The van der Waals surface area contributed by atoms with Crippen LogP contribution in [0.25, 0.3) is 0 Å². The molecule has 1 unspecified atom stereocenters. The first-order chi connectivity index (χ1) is 6.59. The van der Waals surface area contributed by atoms with E-state index < -0.39 is 0 Å². The second-order valence-electron chi connectivity index (χ2n) is 5.32. The van der Waals surface area contributed by atoms with Crippen LogP contribution >= 0.6 is 12.4 Å². The molecule has 2 rings (SSSR count). The van der Waals surface area contributed by atoms with Crippen molar-refractivity contribution in [2.45, 2.75) is 26.7 Å². The van der Waals surface area contributed by atoms with Gasteiger partial charge in [-0.2, -0.15) is 0 Å². The fraction of sp³-hybridized carbons (Fsp3) is 0.909. The van der Waals surface area contributed by atoms with Gasteiger partial charge in [-0.1, -0.05) is 13.8 Å². The Labute approximate surface area is 97.8 Å². The van der Waals surface area contributed by atoms with Crippen molar-refractivity contribution in [1.82, 2.24) is 10.6 Å². The van der Waals surface area contributed by atoms with Crippen LogP contribution in [0.2, 0.25) is 0 Å². The maximum Gasteiger partial charge on any atom is 0.224 e. The van der Waals surface area contributed by atoms with E-state index in [0.717, 1.165) is 26.1 Å². The Hall–Kier alpha value is -0.280. The molecule has 15 heavy (non-hydrogen) atoms. The zero-order chi connectivity index (χ0) is 10.2. The highest BCUT2D eigenvalue weighted by Crippen LogP contribution is 2.50. The zero-order valence-electron chi connectivity index (χ0n) is 9.51. The van der Waals surface area contributed by atoms with Crippen LogP contribution < -0.4 is 10.6 Å². The van der Waals surface area contributed by atoms with Crippen LogP contribution in [0.3, 0.4) is 0 Å². The van der Waals surface area contributed by atoms with Crippen molar-refractivity contribution in [3.8, 4) is 0 Å². The van der Waals surface area contributed by atoms with E-state index in [2.05, 4.69) is 24.5 Å². The molecule has 0 aromatic carbocycles. The van der Waals surface area contributed by atoms with Crippen molar-refractivity contribution in [3.63, 3.8) is 0 Å². The third-order valence-electron chi connectivity index (χ3n) is 3.67. The molecular formula is C11H21ClN2O. The van der Waals surface area contributed by atoms with Crippen molar-refractivity contribution >= 4 is 18.3 Å². The highest BCUT2D eigenvalue weighted by atomic mass is 35.5. The summed E-state index contributed by atoms with van der Waals surface area (Å²) in [4.78, 5) is 11.6. The molecule has 0 aromatic rings. The lowest BCUT2D eigenvalue weighted by atomic mass is 10.1. The van der Waals surface area contributed by atoms with Crippen molar-refractivity contribution in [2.24, 2.45) is 17.3 Å². The van der Waals surface area contributed by atoms with E-state index in [9.17, 15) is 4.79 Å². The maximum absolute atomic E-state index is 11.6. The van der Waals surface area contributed by atoms with Gasteiger partial charge < -0.3 is 10.6 Å². The lowest BCUT2D eigenvalue weighted by Crippen LogP contribution is -2.33. The standard InChI is InChI=1S/C11H20N2O.ClH/c1-11(2)5-9(11)7-13-10(14)8-3-4-12-6-8;/h8-9,12H,3-7H2,1-2H3,(H,13,14);1H/t8-,9?;/m1./s1. The predicted molar refractivity (Wildman–Crippen MR) is 63.1 cm³/mol. The fourth-order valence-corrected chi connectivity index (χ4v) is 2.17. The molecule has 2 aliphatic rings. The first-order valence-corrected chi connectivity index (χ1v) is 5.58. The molecule has 1 heterocycles. The molecule has 0 radical (unpaired) electrons. The van der Waals surface area contributed by atoms with Crippen LogP contribution in [-0.2, 0) is 4.79 Å². The second-order valence-corrected chi connectivity index (χ2v) is 5.32. The van der Waals surface area contributed by atoms with Crippen LogP contribution in [0.5, 0.6) is 0 Å². The lowest BCUT2D eigenvalue weighted by Gasteiger charge is -2.10. The number of carbonyl (C=O) groups excluding carboxylic acids is 1. The van der Waals surface area contributed by atoms with Crippen molar-refractivity contribution < 1.29 is 4.79 Å². The number of halogens is 1. The van der Waals surface area contributed by atoms with Crippen molar-refractivity contribution in [2.75, 3.05) is 19.6 Å². The van der Waals surface area contributed by atoms with Gasteiger partial charge >= 0.3 is 0 Å². The van der Waals surface area contributed by atoms with Gasteiger partial charge in [-0.3, -0.25) is 4.79 Å². The molecular weight excluding hydrogens is 212 g/mol. The van der Waals surface area contributed by atoms with Gasteiger partial charge in [0.05, 0.1) is 5.92 Å². The van der Waals surface area contributed by atoms with E-state index >= 15 is 0 Å². The quantitative estimate of drug-likeness (QED) is 0.768. The largest absolute Gasteiger partial charge is 0.356 e. The van der Waals surface area contributed by atoms with Gasteiger partial charge in [-0.05, 0) is 30.7 Å². The number of hydrogen-bond acceptors (Lipinski definition) is 2. The highest BCUT2D eigenvalue weighted by molar-refractivity contribution is 5.85. The molecule has 0 aromatic heterocycles. The Kier molecular flexibility index (Phi) is 4.01. The topological polar surface area (TPSA) is 41.1 Å². The summed E-state index contributed by atoms with van der Waals surface area (Å²) in [6.45, 7) is 7.26. The summed E-state index contributed by atoms with van der Waals surface area (Å²) in [6.07, 6.45) is 2.26. The van der Waals surface area contributed by atoms with Crippen LogP contribution in [0.15, 0.2) is 0 Å². The Bertz CT molecular complexity index is 237. The van der Waals surface area contributed by atoms with E-state index in [0.29, 0.717) is 11.3 Å². The molecule has 88 valence electrons. The van der Waals surface area contributed by atoms with Crippen molar-refractivity contribution in [3.05, 3.63) is 0 Å². The van der Waals surface area contributed by atoms with E-state index in [1.807, 2.05) is 0 Å². The molecule has 2 fully saturated rings. The molecule has 4 heteroatoms. The smallest absolute Gasteiger partial charge is 0.224 e. The second kappa shape index (κ2) is 4.71. The molecule has 1 saturated carbocycles. The number of amides is 1. The maximum atomic E-state index is 11.6. The van der Waals surface area contributed by atoms with Gasteiger partial charge in [0.2, 0.25) is 5.91 Å². The van der Waals surface area contributed by atoms with Gasteiger partial charge in [0.15, 0.2) is 0 Å². The van der Waals surface area contributed by atoms with E-state index in [1.54, 1.807) is 0 Å². The Morgan fingerprint density at radius 3 is 2.67 bits per heavy atom. The molecule has 1 saturated heterocycles. The number of carbonyl (C=O) groups is 1. The van der Waals surface area contributed by atoms with Gasteiger partial charge in [-0.25, -0.2) is 0 Å². The summed E-state index contributed by atoms with van der Waals surface area (Å²) >= 11 is 0. The van der Waals surface area contributed by atoms with E-state index in [4.69, 9.17) is 0 Å². The first kappa shape index (κ1) is 12.8. The van der Waals surface area contributed by atoms with Gasteiger partial charge in [0.1, 0.15) is 0 Å². The average molecular weight is 233 g/mol. The minimum atomic E-state index is 0. The van der Waals surface area contributed by atoms with E-state index in [1.165, 1.54) is 6.42 Å². The molecule has 0 bridgehead atoms. The lowest BCUT2D eigenvalue weighted by molar-refractivity contribution is -0.124. The Morgan fingerprint density at radius 1 is 1.53 bits per heavy atom. The third kappa shape index (κ3) is 3.08. The van der Waals surface area contributed by atoms with Gasteiger partial charge in [0, 0.05) is 13.1 Å². The number of rotatable bonds is 3. The molecule has 1 amide bonds. The zero-order valence-corrected chi connectivity index (χ0v) is 10.3. The molecule has 0 spiro atoms. The minimum absolute atomic E-state index is 0. The summed E-state index contributed by atoms with van der Waals surface area (Å²) in [7, 11) is 0. The van der Waals surface area contributed by atoms with Crippen LogP contribution in [-0.4, -0.2) is 25.5 Å². The monoisotopic (exact) mass is 232 g/mol. The molecule has 2 atom stereocenters. The molecule has 1 aliphatic carbocycles. The summed E-state index contributed by atoms with van der Waals surface area (Å²) < 4.78 is 0. The van der Waals surface area contributed by atoms with Crippen molar-refractivity contribution in [1.29, 1.82) is 0 Å². The Morgan fingerprint density at radius 2 is 2.20 bits per heavy atom. The average Bonchev–Trinajstić information content (AvgIpc) is 2.58. The van der Waals surface area contributed by atoms with E-state index in [-0.39, 0.29) is 24.2 Å². The van der Waals surface area contributed by atoms with Gasteiger partial charge in [-0.15, -0.1) is 12.4 Å². The fourth-order valence-electron chi connectivity index (χ4n) is 2.17. The first-order valence-electron chi connectivity index (χ1n) is 5.58. The SMILES string of the molecule is CC1(C)CC1CNC(=O)[C@@H]1CCNC1.Cl. The predicted octanol–water partition coefficient (Wildman–Crippen LogP) is 1.18. The minimum Gasteiger partial charge on any atom is -0.356 e. The summed E-state index contributed by atoms with van der Waals surface area (Å²) in [5.41, 5.74) is 0.473. The normalized spacial score (nSPS) is 31.9. The summed E-state index contributed by atoms with van der Waals surface area (Å²) in [5, 5.41) is 6.28. The third-order valence-corrected chi connectivity index (χ3v) is 3.67. The van der Waals surface area contributed by atoms with Crippen LogP contribution in [0.4, 0.5) is 0 Å². The summed E-state index contributed by atoms with van der Waals surface area (Å²) in [6, 6.07) is 0. The Balaban J connectivity index is 0.00000112. The molecule has 3 nitrogen and oxygen atoms in total. The number of hydrogen-bond donors (Lipinski definition) is 2. The van der Waals surface area contributed by atoms with Crippen LogP contribution in [0, 0.1) is 17.3 Å². The summed E-state index contributed by atoms with van der Waals surface area (Å²) in [5.74, 6) is 1.18. The van der Waals surface area contributed by atoms with Crippen LogP contribution in [0.1, 0.15) is 26.7 Å². The molecule has 1 aliphatic heterocycles. The van der Waals surface area contributed by atoms with Gasteiger partial charge in [0.25, 0.3) is 0 Å².